The Morgan fingerprint density at radius 3 is 2.19 bits per heavy atom. The molecule has 6 aromatic carbocycles. The molecule has 4 nitrogen and oxygen atoms in total. The molecule has 11 rings (SSSR count). The van der Waals surface area contributed by atoms with Gasteiger partial charge in [0.15, 0.2) is 17.5 Å². The van der Waals surface area contributed by atoms with Gasteiger partial charge in [0.1, 0.15) is 11.2 Å². The summed E-state index contributed by atoms with van der Waals surface area (Å²) < 4.78 is 9.20. The molecule has 3 aromatic heterocycles. The summed E-state index contributed by atoms with van der Waals surface area (Å²) in [6, 6.07) is 46.7. The van der Waals surface area contributed by atoms with Crippen LogP contribution in [0.1, 0.15) is 24.0 Å². The Kier molecular flexibility index (Phi) is 6.66. The molecule has 4 heterocycles. The second-order valence-corrected chi connectivity index (χ2v) is 15.7. The molecule has 2 atom stereocenters. The van der Waals surface area contributed by atoms with Gasteiger partial charge in [-0.05, 0) is 52.3 Å². The molecule has 52 heavy (non-hydrogen) atoms. The molecule has 0 bridgehead atoms. The fourth-order valence-electron chi connectivity index (χ4n) is 8.10. The summed E-state index contributed by atoms with van der Waals surface area (Å²) in [7, 11) is 0. The third kappa shape index (κ3) is 4.58. The lowest BCUT2D eigenvalue weighted by atomic mass is 9.81. The highest BCUT2D eigenvalue weighted by atomic mass is 32.2. The Balaban J connectivity index is 1.10. The number of thiophene rings is 1. The van der Waals surface area contributed by atoms with Crippen molar-refractivity contribution in [3.63, 3.8) is 0 Å². The topological polar surface area (TPSA) is 51.8 Å². The fourth-order valence-corrected chi connectivity index (χ4v) is 10.7. The van der Waals surface area contributed by atoms with E-state index in [0.717, 1.165) is 44.2 Å². The van der Waals surface area contributed by atoms with Crippen molar-refractivity contribution in [1.82, 2.24) is 15.0 Å². The number of furan rings is 1. The highest BCUT2D eigenvalue weighted by molar-refractivity contribution is 8.03. The first-order chi connectivity index (χ1) is 25.7. The quantitative estimate of drug-likeness (QED) is 0.183. The first-order valence-electron chi connectivity index (χ1n) is 17.6. The zero-order valence-electron chi connectivity index (χ0n) is 28.1. The van der Waals surface area contributed by atoms with Crippen LogP contribution >= 0.6 is 23.1 Å². The van der Waals surface area contributed by atoms with Crippen LogP contribution < -0.4 is 0 Å². The van der Waals surface area contributed by atoms with Gasteiger partial charge in [-0.15, -0.1) is 11.3 Å². The molecule has 0 spiro atoms. The maximum absolute atomic E-state index is 6.78. The van der Waals surface area contributed by atoms with Crippen LogP contribution in [-0.2, 0) is 0 Å². The Morgan fingerprint density at radius 1 is 0.596 bits per heavy atom. The normalized spacial score (nSPS) is 16.7. The molecule has 0 N–H and O–H groups in total. The summed E-state index contributed by atoms with van der Waals surface area (Å²) in [6.07, 6.45) is 4.79. The minimum absolute atomic E-state index is 0.367. The maximum Gasteiger partial charge on any atom is 0.165 e. The molecule has 2 unspecified atom stereocenters. The van der Waals surface area contributed by atoms with Crippen LogP contribution in [0.25, 0.3) is 81.8 Å². The van der Waals surface area contributed by atoms with E-state index in [-0.39, 0.29) is 0 Å². The highest BCUT2D eigenvalue weighted by Crippen LogP contribution is 2.55. The number of hydrogen-bond donors (Lipinski definition) is 0. The Morgan fingerprint density at radius 2 is 1.29 bits per heavy atom. The number of benzene rings is 6. The lowest BCUT2D eigenvalue weighted by Gasteiger charge is -2.24. The number of allylic oxidation sites excluding steroid dienone is 4. The number of rotatable bonds is 4. The largest absolute Gasteiger partial charge is 0.455 e. The van der Waals surface area contributed by atoms with Gasteiger partial charge in [0, 0.05) is 64.0 Å². The van der Waals surface area contributed by atoms with E-state index in [9.17, 15) is 0 Å². The van der Waals surface area contributed by atoms with Crippen molar-refractivity contribution in [2.75, 3.05) is 0 Å². The van der Waals surface area contributed by atoms with Gasteiger partial charge in [0.2, 0.25) is 0 Å². The van der Waals surface area contributed by atoms with Crippen molar-refractivity contribution < 1.29 is 4.42 Å². The average molecular weight is 704 g/mol. The first kappa shape index (κ1) is 29.9. The van der Waals surface area contributed by atoms with E-state index in [1.807, 2.05) is 36.0 Å². The van der Waals surface area contributed by atoms with E-state index in [2.05, 4.69) is 128 Å². The Bertz CT molecular complexity index is 2970. The van der Waals surface area contributed by atoms with Crippen LogP contribution in [0.15, 0.2) is 160 Å². The second kappa shape index (κ2) is 11.6. The van der Waals surface area contributed by atoms with Crippen LogP contribution in [0.5, 0.6) is 0 Å². The fraction of sp³-hybridized carbons (Fsp3) is 0.0652. The molecule has 0 saturated carbocycles. The Labute approximate surface area is 308 Å². The predicted octanol–water partition coefficient (Wildman–Crippen LogP) is 12.9. The molecule has 0 radical (unpaired) electrons. The van der Waals surface area contributed by atoms with Gasteiger partial charge in [-0.1, -0.05) is 134 Å². The molecular weight excluding hydrogens is 675 g/mol. The highest BCUT2D eigenvalue weighted by Gasteiger charge is 2.34. The summed E-state index contributed by atoms with van der Waals surface area (Å²) in [5.41, 5.74) is 8.30. The summed E-state index contributed by atoms with van der Waals surface area (Å²) in [4.78, 5) is 18.3. The smallest absolute Gasteiger partial charge is 0.165 e. The van der Waals surface area contributed by atoms with Gasteiger partial charge < -0.3 is 4.42 Å². The first-order valence-corrected chi connectivity index (χ1v) is 19.2. The molecule has 246 valence electrons. The van der Waals surface area contributed by atoms with Crippen molar-refractivity contribution in [3.8, 4) is 34.2 Å². The molecule has 1 aliphatic heterocycles. The standard InChI is InChI=1S/C46H29N3OS2/c1-26-24-28(25-39-40(26)32-15-6-8-23-38(32)51-39)29-16-9-18-33-41-34(19-11-21-36(41)50-42(29)33)45-47-44(27-12-3-2-4-13-27)48-46(49-45)35-20-10-17-31-30-14-5-7-22-37(30)52-43(31)35/h2-26,40H,1H3. The molecule has 0 fully saturated rings. The van der Waals surface area contributed by atoms with E-state index in [0.29, 0.717) is 29.3 Å². The lowest BCUT2D eigenvalue weighted by molar-refractivity contribution is 0.629. The average Bonchev–Trinajstić information content (AvgIpc) is 3.89. The maximum atomic E-state index is 6.78. The van der Waals surface area contributed by atoms with Crippen molar-refractivity contribution >= 4 is 70.8 Å². The second-order valence-electron chi connectivity index (χ2n) is 13.6. The minimum Gasteiger partial charge on any atom is -0.455 e. The molecule has 2 aliphatic rings. The van der Waals surface area contributed by atoms with E-state index < -0.39 is 0 Å². The van der Waals surface area contributed by atoms with Crippen LogP contribution in [0.4, 0.5) is 0 Å². The molecule has 6 heteroatoms. The third-order valence-corrected chi connectivity index (χ3v) is 12.9. The van der Waals surface area contributed by atoms with E-state index >= 15 is 0 Å². The summed E-state index contributed by atoms with van der Waals surface area (Å²) in [6.45, 7) is 2.33. The number of para-hydroxylation sites is 1. The number of hydrogen-bond acceptors (Lipinski definition) is 6. The van der Waals surface area contributed by atoms with Gasteiger partial charge in [0.05, 0.1) is 0 Å². The van der Waals surface area contributed by atoms with Crippen molar-refractivity contribution in [2.24, 2.45) is 5.92 Å². The van der Waals surface area contributed by atoms with Gasteiger partial charge in [-0.2, -0.15) is 0 Å². The molecule has 0 amide bonds. The SMILES string of the molecule is CC1C=C(c2cccc3c2oc2cccc(-c4nc(-c5ccccc5)nc(-c5cccc6c5sc5ccccc56)n4)c23)C=C2Sc3ccccc3C21. The van der Waals surface area contributed by atoms with E-state index in [1.165, 1.54) is 41.1 Å². The molecule has 0 saturated heterocycles. The van der Waals surface area contributed by atoms with Crippen LogP contribution in [0, 0.1) is 5.92 Å². The van der Waals surface area contributed by atoms with Gasteiger partial charge in [-0.25, -0.2) is 15.0 Å². The molecule has 9 aromatic rings. The van der Waals surface area contributed by atoms with E-state index in [1.54, 1.807) is 11.3 Å². The number of aromatic nitrogens is 3. The van der Waals surface area contributed by atoms with E-state index in [4.69, 9.17) is 19.4 Å². The van der Waals surface area contributed by atoms with Crippen molar-refractivity contribution in [1.29, 1.82) is 0 Å². The summed E-state index contributed by atoms with van der Waals surface area (Å²) >= 11 is 3.68. The number of thioether (sulfide) groups is 1. The Hall–Kier alpha value is -5.82. The van der Waals surface area contributed by atoms with Crippen LogP contribution in [0.3, 0.4) is 0 Å². The molecular formula is C46H29N3OS2. The van der Waals surface area contributed by atoms with Crippen LogP contribution in [-0.4, -0.2) is 15.0 Å². The number of fused-ring (bicyclic) bond motifs is 9. The van der Waals surface area contributed by atoms with Gasteiger partial charge in [-0.3, -0.25) is 0 Å². The zero-order valence-corrected chi connectivity index (χ0v) is 29.7. The monoisotopic (exact) mass is 703 g/mol. The van der Waals surface area contributed by atoms with Gasteiger partial charge >= 0.3 is 0 Å². The lowest BCUT2D eigenvalue weighted by Crippen LogP contribution is -2.10. The summed E-state index contributed by atoms with van der Waals surface area (Å²) in [5.74, 6) is 2.69. The minimum atomic E-state index is 0.367. The van der Waals surface area contributed by atoms with Crippen molar-refractivity contribution in [2.45, 2.75) is 17.7 Å². The van der Waals surface area contributed by atoms with Crippen molar-refractivity contribution in [3.05, 3.63) is 162 Å². The number of nitrogens with zero attached hydrogens (tertiary/aromatic N) is 3. The summed E-state index contributed by atoms with van der Waals surface area (Å²) in [5, 5.41) is 4.52. The van der Waals surface area contributed by atoms with Crippen LogP contribution in [0.2, 0.25) is 0 Å². The third-order valence-electron chi connectivity index (χ3n) is 10.4. The zero-order chi connectivity index (χ0) is 34.3. The van der Waals surface area contributed by atoms with Gasteiger partial charge in [0.25, 0.3) is 0 Å². The predicted molar refractivity (Wildman–Crippen MR) is 217 cm³/mol. The molecule has 1 aliphatic carbocycles.